The van der Waals surface area contributed by atoms with Crippen molar-refractivity contribution in [2.45, 2.75) is 32.0 Å². The molecule has 1 heterocycles. The van der Waals surface area contributed by atoms with Crippen molar-refractivity contribution in [2.75, 3.05) is 7.11 Å². The molecule has 5 heteroatoms. The molecule has 1 aromatic carbocycles. The molecular weight excluding hydrogens is 266 g/mol. The zero-order chi connectivity index (χ0) is 14.7. The van der Waals surface area contributed by atoms with E-state index in [4.69, 9.17) is 9.47 Å². The lowest BCUT2D eigenvalue weighted by Crippen LogP contribution is -2.16. The predicted octanol–water partition coefficient (Wildman–Crippen LogP) is 2.26. The van der Waals surface area contributed by atoms with E-state index in [-0.39, 0.29) is 0 Å². The van der Waals surface area contributed by atoms with Gasteiger partial charge >= 0.3 is 0 Å². The van der Waals surface area contributed by atoms with Crippen LogP contribution in [0, 0.1) is 0 Å². The first-order valence-electron chi connectivity index (χ1n) is 7.25. The number of methoxy groups -OCH3 is 1. The lowest BCUT2D eigenvalue weighted by Gasteiger charge is -2.13. The van der Waals surface area contributed by atoms with Crippen molar-refractivity contribution < 1.29 is 9.47 Å². The van der Waals surface area contributed by atoms with E-state index >= 15 is 0 Å². The van der Waals surface area contributed by atoms with Crippen LogP contribution in [0.3, 0.4) is 0 Å². The predicted molar refractivity (Wildman–Crippen MR) is 80.4 cm³/mol. The molecule has 1 aliphatic rings. The first kappa shape index (κ1) is 13.9. The third-order valence-corrected chi connectivity index (χ3v) is 3.58. The van der Waals surface area contributed by atoms with Gasteiger partial charge in [-0.2, -0.15) is 5.10 Å². The van der Waals surface area contributed by atoms with E-state index in [9.17, 15) is 0 Å². The fourth-order valence-corrected chi connectivity index (χ4v) is 2.21. The monoisotopic (exact) mass is 287 g/mol. The average Bonchev–Trinajstić information content (AvgIpc) is 3.24. The number of aryl methyl sites for hydroxylation is 1. The van der Waals surface area contributed by atoms with Crippen LogP contribution in [-0.4, -0.2) is 22.9 Å². The van der Waals surface area contributed by atoms with E-state index in [1.807, 2.05) is 37.6 Å². The molecule has 1 saturated carbocycles. The molecule has 0 amide bonds. The Balaban J connectivity index is 1.69. The van der Waals surface area contributed by atoms with E-state index in [0.717, 1.165) is 29.2 Å². The number of rotatable bonds is 7. The van der Waals surface area contributed by atoms with Crippen LogP contribution in [-0.2, 0) is 20.2 Å². The average molecular weight is 287 g/mol. The Morgan fingerprint density at radius 3 is 2.90 bits per heavy atom. The Kier molecular flexibility index (Phi) is 4.10. The van der Waals surface area contributed by atoms with Gasteiger partial charge in [0.25, 0.3) is 0 Å². The standard InChI is InChI=1S/C16H21N3O2/c1-19-10-12(8-18-19)11-21-16-6-5-15(20-2)7-13(16)9-17-14-3-4-14/h5-8,10,14,17H,3-4,9,11H2,1-2H3. The second-order valence-electron chi connectivity index (χ2n) is 5.44. The lowest BCUT2D eigenvalue weighted by molar-refractivity contribution is 0.301. The normalized spacial score (nSPS) is 14.2. The molecule has 1 fully saturated rings. The number of benzene rings is 1. The second kappa shape index (κ2) is 6.18. The number of nitrogens with zero attached hydrogens (tertiary/aromatic N) is 2. The van der Waals surface area contributed by atoms with E-state index in [0.29, 0.717) is 12.6 Å². The van der Waals surface area contributed by atoms with Crippen LogP contribution in [0.1, 0.15) is 24.0 Å². The van der Waals surface area contributed by atoms with Gasteiger partial charge in [-0.15, -0.1) is 0 Å². The molecule has 112 valence electrons. The summed E-state index contributed by atoms with van der Waals surface area (Å²) in [5.74, 6) is 1.75. The van der Waals surface area contributed by atoms with Crippen LogP contribution in [0.4, 0.5) is 0 Å². The van der Waals surface area contributed by atoms with Crippen LogP contribution in [0.25, 0.3) is 0 Å². The molecule has 0 bridgehead atoms. The minimum absolute atomic E-state index is 0.524. The van der Waals surface area contributed by atoms with Crippen LogP contribution >= 0.6 is 0 Å². The number of ether oxygens (including phenoxy) is 2. The van der Waals surface area contributed by atoms with Crippen LogP contribution in [0.15, 0.2) is 30.6 Å². The van der Waals surface area contributed by atoms with Crippen molar-refractivity contribution in [2.24, 2.45) is 7.05 Å². The third kappa shape index (κ3) is 3.76. The molecule has 0 aliphatic heterocycles. The summed E-state index contributed by atoms with van der Waals surface area (Å²) >= 11 is 0. The number of nitrogens with one attached hydrogen (secondary N) is 1. The van der Waals surface area contributed by atoms with Crippen LogP contribution in [0.2, 0.25) is 0 Å². The minimum atomic E-state index is 0.524. The molecule has 0 saturated heterocycles. The zero-order valence-corrected chi connectivity index (χ0v) is 12.5. The number of hydrogen-bond donors (Lipinski definition) is 1. The molecule has 5 nitrogen and oxygen atoms in total. The Morgan fingerprint density at radius 2 is 2.24 bits per heavy atom. The highest BCUT2D eigenvalue weighted by Crippen LogP contribution is 2.27. The van der Waals surface area contributed by atoms with Gasteiger partial charge in [0.2, 0.25) is 0 Å². The Labute approximate surface area is 124 Å². The summed E-state index contributed by atoms with van der Waals surface area (Å²) in [5.41, 5.74) is 2.19. The maximum atomic E-state index is 5.94. The van der Waals surface area contributed by atoms with Gasteiger partial charge < -0.3 is 14.8 Å². The minimum Gasteiger partial charge on any atom is -0.497 e. The molecule has 0 spiro atoms. The van der Waals surface area contributed by atoms with Crippen molar-refractivity contribution in [1.82, 2.24) is 15.1 Å². The molecule has 2 aromatic rings. The van der Waals surface area contributed by atoms with E-state index < -0.39 is 0 Å². The van der Waals surface area contributed by atoms with Gasteiger partial charge in [-0.25, -0.2) is 0 Å². The van der Waals surface area contributed by atoms with Crippen molar-refractivity contribution in [3.63, 3.8) is 0 Å². The highest BCUT2D eigenvalue weighted by atomic mass is 16.5. The maximum Gasteiger partial charge on any atom is 0.124 e. The molecule has 0 unspecified atom stereocenters. The fourth-order valence-electron chi connectivity index (χ4n) is 2.21. The molecular formula is C16H21N3O2. The molecule has 1 aromatic heterocycles. The molecule has 0 radical (unpaired) electrons. The lowest BCUT2D eigenvalue weighted by atomic mass is 10.2. The van der Waals surface area contributed by atoms with Crippen molar-refractivity contribution in [3.05, 3.63) is 41.7 Å². The van der Waals surface area contributed by atoms with E-state index in [1.165, 1.54) is 12.8 Å². The van der Waals surface area contributed by atoms with Gasteiger partial charge in [0, 0.05) is 37.0 Å². The van der Waals surface area contributed by atoms with Crippen molar-refractivity contribution in [1.29, 1.82) is 0 Å². The summed E-state index contributed by atoms with van der Waals surface area (Å²) in [4.78, 5) is 0. The summed E-state index contributed by atoms with van der Waals surface area (Å²) in [7, 11) is 3.59. The van der Waals surface area contributed by atoms with Gasteiger partial charge in [-0.3, -0.25) is 4.68 Å². The van der Waals surface area contributed by atoms with E-state index in [2.05, 4.69) is 10.4 Å². The fraction of sp³-hybridized carbons (Fsp3) is 0.438. The van der Waals surface area contributed by atoms with Crippen molar-refractivity contribution >= 4 is 0 Å². The molecule has 21 heavy (non-hydrogen) atoms. The smallest absolute Gasteiger partial charge is 0.124 e. The van der Waals surface area contributed by atoms with Crippen molar-refractivity contribution in [3.8, 4) is 11.5 Å². The van der Waals surface area contributed by atoms with Crippen LogP contribution < -0.4 is 14.8 Å². The van der Waals surface area contributed by atoms with E-state index in [1.54, 1.807) is 11.8 Å². The topological polar surface area (TPSA) is 48.3 Å². The van der Waals surface area contributed by atoms with Gasteiger partial charge in [0.1, 0.15) is 18.1 Å². The van der Waals surface area contributed by atoms with Gasteiger partial charge in [-0.1, -0.05) is 0 Å². The molecule has 1 aliphatic carbocycles. The summed E-state index contributed by atoms with van der Waals surface area (Å²) in [6.45, 7) is 1.33. The summed E-state index contributed by atoms with van der Waals surface area (Å²) in [6, 6.07) is 6.61. The number of aromatic nitrogens is 2. The first-order valence-corrected chi connectivity index (χ1v) is 7.25. The third-order valence-electron chi connectivity index (χ3n) is 3.58. The SMILES string of the molecule is COc1ccc(OCc2cnn(C)c2)c(CNC2CC2)c1. The summed E-state index contributed by atoms with van der Waals surface area (Å²) in [5, 5.41) is 7.67. The Hall–Kier alpha value is -2.01. The number of hydrogen-bond acceptors (Lipinski definition) is 4. The van der Waals surface area contributed by atoms with Gasteiger partial charge in [0.15, 0.2) is 0 Å². The quantitative estimate of drug-likeness (QED) is 0.848. The Bertz CT molecular complexity index is 605. The van der Waals surface area contributed by atoms with Gasteiger partial charge in [0.05, 0.1) is 13.3 Å². The van der Waals surface area contributed by atoms with Crippen LogP contribution in [0.5, 0.6) is 11.5 Å². The molecule has 3 rings (SSSR count). The first-order chi connectivity index (χ1) is 10.2. The molecule has 1 N–H and O–H groups in total. The maximum absolute atomic E-state index is 5.94. The van der Waals surface area contributed by atoms with Gasteiger partial charge in [-0.05, 0) is 31.0 Å². The Morgan fingerprint density at radius 1 is 1.38 bits per heavy atom. The highest BCUT2D eigenvalue weighted by Gasteiger charge is 2.20. The second-order valence-corrected chi connectivity index (χ2v) is 5.44. The highest BCUT2D eigenvalue weighted by molar-refractivity contribution is 5.40. The largest absolute Gasteiger partial charge is 0.497 e. The summed E-state index contributed by atoms with van der Waals surface area (Å²) < 4.78 is 13.0. The molecule has 0 atom stereocenters. The summed E-state index contributed by atoms with van der Waals surface area (Å²) in [6.07, 6.45) is 6.34. The zero-order valence-electron chi connectivity index (χ0n) is 12.5.